The van der Waals surface area contributed by atoms with Crippen LogP contribution in [0.25, 0.3) is 10.9 Å². The van der Waals surface area contributed by atoms with Crippen molar-refractivity contribution >= 4 is 28.2 Å². The molecule has 6 nitrogen and oxygen atoms in total. The highest BCUT2D eigenvalue weighted by Gasteiger charge is 2.44. The monoisotopic (exact) mass is 387 g/mol. The van der Waals surface area contributed by atoms with Crippen LogP contribution in [0, 0.1) is 0 Å². The molecule has 29 heavy (non-hydrogen) atoms. The van der Waals surface area contributed by atoms with Crippen molar-refractivity contribution in [2.45, 2.75) is 31.2 Å². The van der Waals surface area contributed by atoms with E-state index in [1.807, 2.05) is 12.1 Å². The number of aryl methyl sites for hydroxylation is 1. The van der Waals surface area contributed by atoms with Crippen molar-refractivity contribution in [3.8, 4) is 0 Å². The summed E-state index contributed by atoms with van der Waals surface area (Å²) in [6, 6.07) is 15.2. The average Bonchev–Trinajstić information content (AvgIpc) is 3.29. The van der Waals surface area contributed by atoms with Crippen LogP contribution in [-0.4, -0.2) is 53.2 Å². The molecule has 1 fully saturated rings. The lowest BCUT2D eigenvalue weighted by Gasteiger charge is -2.39. The molecule has 1 aromatic heterocycles. The van der Waals surface area contributed by atoms with E-state index < -0.39 is 0 Å². The van der Waals surface area contributed by atoms with Crippen molar-refractivity contribution in [3.63, 3.8) is 0 Å². The van der Waals surface area contributed by atoms with Crippen molar-refractivity contribution < 1.29 is 4.79 Å². The Morgan fingerprint density at radius 1 is 1.14 bits per heavy atom. The molecule has 6 rings (SSSR count). The third kappa shape index (κ3) is 2.74. The van der Waals surface area contributed by atoms with E-state index >= 15 is 0 Å². The first-order chi connectivity index (χ1) is 14.3. The summed E-state index contributed by atoms with van der Waals surface area (Å²) < 4.78 is 0. The number of aromatic nitrogens is 2. The van der Waals surface area contributed by atoms with Gasteiger partial charge in [0.25, 0.3) is 0 Å². The van der Waals surface area contributed by atoms with Crippen LogP contribution < -0.4 is 10.2 Å². The van der Waals surface area contributed by atoms with E-state index in [0.29, 0.717) is 18.5 Å². The Balaban J connectivity index is 1.15. The summed E-state index contributed by atoms with van der Waals surface area (Å²) in [6.45, 7) is 3.78. The number of anilines is 2. The number of rotatable bonds is 4. The number of likely N-dealkylation sites (tertiary alicyclic amines) is 1. The number of piperidine rings is 1. The summed E-state index contributed by atoms with van der Waals surface area (Å²) in [5, 5.41) is 11.9. The maximum atomic E-state index is 12.1. The standard InChI is InChI=1S/C23H25N5O/c29-22-14-28-21-10-12-27(13-17(21)15-6-3-8-20(24-22)23(15)28)11-4-9-19-16-5-1-2-7-18(16)25-26-19/h1-3,5-8,17,21H,4,9-14H2,(H,24,29)(H,25,26)/t17-,21-/m0/s1. The van der Waals surface area contributed by atoms with Crippen LogP contribution in [0.4, 0.5) is 11.4 Å². The molecule has 2 aromatic carbocycles. The number of benzene rings is 2. The zero-order valence-corrected chi connectivity index (χ0v) is 16.4. The Morgan fingerprint density at radius 3 is 3.03 bits per heavy atom. The third-order valence-corrected chi connectivity index (χ3v) is 6.84. The van der Waals surface area contributed by atoms with Crippen molar-refractivity contribution in [2.75, 3.05) is 36.4 Å². The van der Waals surface area contributed by atoms with E-state index in [9.17, 15) is 4.79 Å². The number of aromatic amines is 1. The molecular weight excluding hydrogens is 362 g/mol. The summed E-state index contributed by atoms with van der Waals surface area (Å²) in [4.78, 5) is 17.1. The maximum absolute atomic E-state index is 12.1. The molecular formula is C23H25N5O. The van der Waals surface area contributed by atoms with Gasteiger partial charge < -0.3 is 15.1 Å². The van der Waals surface area contributed by atoms with Gasteiger partial charge in [-0.25, -0.2) is 0 Å². The van der Waals surface area contributed by atoms with E-state index in [1.54, 1.807) is 0 Å². The zero-order valence-electron chi connectivity index (χ0n) is 16.4. The molecule has 0 aliphatic carbocycles. The molecule has 2 atom stereocenters. The van der Waals surface area contributed by atoms with Crippen LogP contribution in [0.1, 0.15) is 30.0 Å². The van der Waals surface area contributed by atoms with Crippen molar-refractivity contribution in [1.82, 2.24) is 15.1 Å². The second-order valence-electron chi connectivity index (χ2n) is 8.51. The summed E-state index contributed by atoms with van der Waals surface area (Å²) in [6.07, 6.45) is 3.27. The lowest BCUT2D eigenvalue weighted by Crippen LogP contribution is -2.49. The number of amides is 1. The van der Waals surface area contributed by atoms with Crippen molar-refractivity contribution in [1.29, 1.82) is 0 Å². The van der Waals surface area contributed by atoms with E-state index in [2.05, 4.69) is 55.6 Å². The van der Waals surface area contributed by atoms with Crippen molar-refractivity contribution in [3.05, 3.63) is 53.7 Å². The second-order valence-corrected chi connectivity index (χ2v) is 8.51. The molecule has 1 amide bonds. The minimum absolute atomic E-state index is 0.115. The largest absolute Gasteiger partial charge is 0.357 e. The molecule has 4 heterocycles. The molecule has 3 aromatic rings. The lowest BCUT2D eigenvalue weighted by molar-refractivity contribution is -0.115. The van der Waals surface area contributed by atoms with Crippen LogP contribution in [0.2, 0.25) is 0 Å². The molecule has 0 radical (unpaired) electrons. The maximum Gasteiger partial charge on any atom is 0.243 e. The Hall–Kier alpha value is -2.86. The van der Waals surface area contributed by atoms with Gasteiger partial charge in [-0.05, 0) is 43.5 Å². The van der Waals surface area contributed by atoms with Gasteiger partial charge in [0.05, 0.1) is 23.4 Å². The Morgan fingerprint density at radius 2 is 2.07 bits per heavy atom. The quantitative estimate of drug-likeness (QED) is 0.722. The van der Waals surface area contributed by atoms with E-state index in [0.717, 1.165) is 50.1 Å². The number of carbonyl (C=O) groups is 1. The minimum atomic E-state index is 0.115. The molecule has 0 spiro atoms. The highest BCUT2D eigenvalue weighted by atomic mass is 16.2. The fourth-order valence-electron chi connectivity index (χ4n) is 5.56. The Labute approximate surface area is 169 Å². The second kappa shape index (κ2) is 6.59. The topological polar surface area (TPSA) is 64.3 Å². The molecule has 2 N–H and O–H groups in total. The van der Waals surface area contributed by atoms with E-state index in [-0.39, 0.29) is 5.91 Å². The molecule has 148 valence electrons. The van der Waals surface area contributed by atoms with Gasteiger partial charge in [-0.15, -0.1) is 0 Å². The number of H-pyrrole nitrogens is 1. The van der Waals surface area contributed by atoms with E-state index in [4.69, 9.17) is 0 Å². The summed E-state index contributed by atoms with van der Waals surface area (Å²) >= 11 is 0. The highest BCUT2D eigenvalue weighted by molar-refractivity contribution is 6.03. The molecule has 3 aliphatic heterocycles. The van der Waals surface area contributed by atoms with Gasteiger partial charge in [0.2, 0.25) is 5.91 Å². The SMILES string of the molecule is O=C1CN2c3c(cccc3[C@@H]3CN(CCCc4[nH]nc5ccccc45)CC[C@@H]32)N1. The highest BCUT2D eigenvalue weighted by Crippen LogP contribution is 2.49. The number of hydrogen-bond donors (Lipinski definition) is 2. The van der Waals surface area contributed by atoms with Gasteiger partial charge in [-0.1, -0.05) is 30.3 Å². The van der Waals surface area contributed by atoms with Gasteiger partial charge >= 0.3 is 0 Å². The first-order valence-corrected chi connectivity index (χ1v) is 10.6. The number of carbonyl (C=O) groups excluding carboxylic acids is 1. The van der Waals surface area contributed by atoms with Crippen LogP contribution >= 0.6 is 0 Å². The molecule has 1 saturated heterocycles. The molecule has 3 aliphatic rings. The van der Waals surface area contributed by atoms with Gasteiger partial charge in [-0.2, -0.15) is 5.10 Å². The number of fused-ring (bicyclic) bond motifs is 4. The first kappa shape index (κ1) is 17.0. The average molecular weight is 387 g/mol. The van der Waals surface area contributed by atoms with Gasteiger partial charge in [0.1, 0.15) is 0 Å². The molecule has 0 bridgehead atoms. The molecule has 0 saturated carbocycles. The lowest BCUT2D eigenvalue weighted by atomic mass is 9.89. The summed E-state index contributed by atoms with van der Waals surface area (Å²) in [5.41, 5.74) is 5.97. The first-order valence-electron chi connectivity index (χ1n) is 10.6. The number of nitrogens with zero attached hydrogens (tertiary/aromatic N) is 3. The van der Waals surface area contributed by atoms with Crippen LogP contribution in [0.5, 0.6) is 0 Å². The fraction of sp³-hybridized carbons (Fsp3) is 0.391. The Bertz CT molecular complexity index is 1090. The molecule has 6 heteroatoms. The van der Waals surface area contributed by atoms with Gasteiger partial charge in [0.15, 0.2) is 0 Å². The number of para-hydroxylation sites is 2. The smallest absolute Gasteiger partial charge is 0.243 e. The predicted molar refractivity (Wildman–Crippen MR) is 114 cm³/mol. The number of nitrogens with one attached hydrogen (secondary N) is 2. The zero-order chi connectivity index (χ0) is 19.4. The summed E-state index contributed by atoms with van der Waals surface area (Å²) in [7, 11) is 0. The van der Waals surface area contributed by atoms with Crippen molar-refractivity contribution in [2.24, 2.45) is 0 Å². The summed E-state index contributed by atoms with van der Waals surface area (Å²) in [5.74, 6) is 0.615. The Kier molecular flexibility index (Phi) is 3.87. The predicted octanol–water partition coefficient (Wildman–Crippen LogP) is 3.13. The van der Waals surface area contributed by atoms with Crippen LogP contribution in [0.15, 0.2) is 42.5 Å². The fourth-order valence-corrected chi connectivity index (χ4v) is 5.56. The van der Waals surface area contributed by atoms with Crippen LogP contribution in [-0.2, 0) is 11.2 Å². The normalized spacial score (nSPS) is 23.2. The van der Waals surface area contributed by atoms with E-state index in [1.165, 1.54) is 22.3 Å². The third-order valence-electron chi connectivity index (χ3n) is 6.84. The van der Waals surface area contributed by atoms with Gasteiger partial charge in [-0.3, -0.25) is 9.89 Å². The van der Waals surface area contributed by atoms with Gasteiger partial charge in [0, 0.05) is 36.1 Å². The number of hydrogen-bond acceptors (Lipinski definition) is 4. The minimum Gasteiger partial charge on any atom is -0.357 e. The van der Waals surface area contributed by atoms with Crippen LogP contribution in [0.3, 0.4) is 0 Å². The molecule has 0 unspecified atom stereocenters.